The number of fused-ring (bicyclic) bond motifs is 1. The van der Waals surface area contributed by atoms with Crippen molar-refractivity contribution in [1.82, 2.24) is 9.88 Å². The molecule has 6 nitrogen and oxygen atoms in total. The summed E-state index contributed by atoms with van der Waals surface area (Å²) in [6, 6.07) is 13.9. The highest BCUT2D eigenvalue weighted by molar-refractivity contribution is 7.99. The maximum atomic E-state index is 13.3. The van der Waals surface area contributed by atoms with Gasteiger partial charge in [0.1, 0.15) is 17.0 Å². The van der Waals surface area contributed by atoms with E-state index in [2.05, 4.69) is 18.7 Å². The summed E-state index contributed by atoms with van der Waals surface area (Å²) in [6.45, 7) is 10.2. The molecule has 0 aliphatic rings. The van der Waals surface area contributed by atoms with Crippen LogP contribution in [0.25, 0.3) is 10.2 Å². The van der Waals surface area contributed by atoms with Crippen molar-refractivity contribution in [2.24, 2.45) is 0 Å². The second kappa shape index (κ2) is 12.8. The summed E-state index contributed by atoms with van der Waals surface area (Å²) in [6.07, 6.45) is 0.448. The normalized spacial score (nSPS) is 11.2. The van der Waals surface area contributed by atoms with E-state index >= 15 is 0 Å². The maximum absolute atomic E-state index is 13.3. The molecular weight excluding hydrogens is 454 g/mol. The highest BCUT2D eigenvalue weighted by atomic mass is 32.2. The summed E-state index contributed by atoms with van der Waals surface area (Å²) >= 11 is 3.23. The fraction of sp³-hybridized carbons (Fsp3) is 0.440. The molecular formula is C25H33N3O3S2. The lowest BCUT2D eigenvalue weighted by Crippen LogP contribution is -2.39. The third-order valence-corrected chi connectivity index (χ3v) is 7.44. The van der Waals surface area contributed by atoms with E-state index in [-0.39, 0.29) is 5.91 Å². The van der Waals surface area contributed by atoms with Gasteiger partial charge >= 0.3 is 0 Å². The number of thiazole rings is 1. The van der Waals surface area contributed by atoms with Crippen LogP contribution in [-0.2, 0) is 4.79 Å². The van der Waals surface area contributed by atoms with E-state index in [0.717, 1.165) is 51.4 Å². The average Bonchev–Trinajstić information content (AvgIpc) is 3.27. The van der Waals surface area contributed by atoms with E-state index in [0.29, 0.717) is 25.3 Å². The summed E-state index contributed by atoms with van der Waals surface area (Å²) in [7, 11) is 1.66. The van der Waals surface area contributed by atoms with E-state index in [1.807, 2.05) is 54.3 Å². The van der Waals surface area contributed by atoms with Crippen molar-refractivity contribution in [3.05, 3.63) is 42.5 Å². The van der Waals surface area contributed by atoms with Gasteiger partial charge in [-0.15, -0.1) is 11.8 Å². The van der Waals surface area contributed by atoms with Gasteiger partial charge in [0, 0.05) is 30.2 Å². The molecule has 0 aliphatic carbocycles. The Hall–Kier alpha value is -2.29. The van der Waals surface area contributed by atoms with Gasteiger partial charge in [-0.05, 0) is 56.4 Å². The summed E-state index contributed by atoms with van der Waals surface area (Å²) in [4.78, 5) is 23.5. The number of para-hydroxylation sites is 1. The van der Waals surface area contributed by atoms with Crippen LogP contribution in [0.2, 0.25) is 0 Å². The molecule has 0 unspecified atom stereocenters. The number of aromatic nitrogens is 1. The first-order valence-corrected chi connectivity index (χ1v) is 13.2. The van der Waals surface area contributed by atoms with E-state index < -0.39 is 0 Å². The van der Waals surface area contributed by atoms with Crippen LogP contribution < -0.4 is 14.4 Å². The zero-order chi connectivity index (χ0) is 23.6. The number of hydrogen-bond donors (Lipinski definition) is 0. The summed E-state index contributed by atoms with van der Waals surface area (Å²) < 4.78 is 12.0. The molecule has 0 radical (unpaired) electrons. The molecule has 0 bridgehead atoms. The second-order valence-electron chi connectivity index (χ2n) is 7.38. The second-order valence-corrected chi connectivity index (χ2v) is 9.56. The zero-order valence-electron chi connectivity index (χ0n) is 19.9. The number of ether oxygens (including phenoxy) is 2. The number of anilines is 1. The fourth-order valence-corrected chi connectivity index (χ4v) is 5.34. The van der Waals surface area contributed by atoms with Crippen molar-refractivity contribution >= 4 is 44.4 Å². The Morgan fingerprint density at radius 3 is 2.48 bits per heavy atom. The molecule has 178 valence electrons. The number of amides is 1. The predicted molar refractivity (Wildman–Crippen MR) is 139 cm³/mol. The van der Waals surface area contributed by atoms with Crippen molar-refractivity contribution in [1.29, 1.82) is 0 Å². The first kappa shape index (κ1) is 25.3. The SMILES string of the molecule is CCOc1cccc2sc(N(CCN(CC)CC)C(=O)CCSc3ccc(OC)cc3)nc12. The minimum Gasteiger partial charge on any atom is -0.497 e. The van der Waals surface area contributed by atoms with E-state index in [1.165, 1.54) is 0 Å². The largest absolute Gasteiger partial charge is 0.497 e. The van der Waals surface area contributed by atoms with Crippen molar-refractivity contribution in [3.8, 4) is 11.5 Å². The van der Waals surface area contributed by atoms with Gasteiger partial charge in [-0.1, -0.05) is 31.3 Å². The maximum Gasteiger partial charge on any atom is 0.229 e. The van der Waals surface area contributed by atoms with Crippen LogP contribution in [0.1, 0.15) is 27.2 Å². The molecule has 1 heterocycles. The van der Waals surface area contributed by atoms with Gasteiger partial charge in [-0.3, -0.25) is 9.69 Å². The van der Waals surface area contributed by atoms with Gasteiger partial charge in [-0.25, -0.2) is 4.98 Å². The number of nitrogens with zero attached hydrogens (tertiary/aromatic N) is 3. The highest BCUT2D eigenvalue weighted by Gasteiger charge is 2.21. The molecule has 0 N–H and O–H groups in total. The van der Waals surface area contributed by atoms with E-state index in [9.17, 15) is 4.79 Å². The summed E-state index contributed by atoms with van der Waals surface area (Å²) in [5.41, 5.74) is 0.826. The lowest BCUT2D eigenvalue weighted by atomic mass is 10.3. The molecule has 0 aliphatic heterocycles. The topological polar surface area (TPSA) is 54.9 Å². The van der Waals surface area contributed by atoms with Crippen molar-refractivity contribution in [3.63, 3.8) is 0 Å². The van der Waals surface area contributed by atoms with Gasteiger partial charge in [0.2, 0.25) is 5.91 Å². The van der Waals surface area contributed by atoms with Gasteiger partial charge < -0.3 is 14.4 Å². The monoisotopic (exact) mass is 487 g/mol. The zero-order valence-corrected chi connectivity index (χ0v) is 21.5. The van der Waals surface area contributed by atoms with Crippen LogP contribution >= 0.6 is 23.1 Å². The van der Waals surface area contributed by atoms with Crippen LogP contribution in [0.5, 0.6) is 11.5 Å². The van der Waals surface area contributed by atoms with Crippen molar-refractivity contribution < 1.29 is 14.3 Å². The third-order valence-electron chi connectivity index (χ3n) is 5.38. The minimum atomic E-state index is 0.0974. The Bertz CT molecular complexity index is 1020. The van der Waals surface area contributed by atoms with E-state index in [1.54, 1.807) is 30.2 Å². The van der Waals surface area contributed by atoms with Gasteiger partial charge in [0.15, 0.2) is 5.13 Å². The molecule has 0 saturated carbocycles. The van der Waals surface area contributed by atoms with Gasteiger partial charge in [-0.2, -0.15) is 0 Å². The molecule has 0 fully saturated rings. The summed E-state index contributed by atoms with van der Waals surface area (Å²) in [5.74, 6) is 2.41. The number of hydrogen-bond acceptors (Lipinski definition) is 7. The number of methoxy groups -OCH3 is 1. The fourth-order valence-electron chi connectivity index (χ4n) is 3.47. The van der Waals surface area contributed by atoms with Crippen molar-refractivity contribution in [2.45, 2.75) is 32.1 Å². The first-order chi connectivity index (χ1) is 16.1. The predicted octanol–water partition coefficient (Wildman–Crippen LogP) is 5.56. The Morgan fingerprint density at radius 2 is 1.82 bits per heavy atom. The Kier molecular flexibility index (Phi) is 9.84. The van der Waals surface area contributed by atoms with Gasteiger partial charge in [0.25, 0.3) is 0 Å². The average molecular weight is 488 g/mol. The molecule has 3 rings (SSSR count). The summed E-state index contributed by atoms with van der Waals surface area (Å²) in [5, 5.41) is 0.740. The molecule has 2 aromatic carbocycles. The molecule has 0 saturated heterocycles. The lowest BCUT2D eigenvalue weighted by Gasteiger charge is -2.24. The Balaban J connectivity index is 1.74. The number of rotatable bonds is 13. The highest BCUT2D eigenvalue weighted by Crippen LogP contribution is 2.34. The molecule has 33 heavy (non-hydrogen) atoms. The third kappa shape index (κ3) is 6.85. The van der Waals surface area contributed by atoms with Crippen LogP contribution in [-0.4, -0.2) is 61.4 Å². The molecule has 0 spiro atoms. The first-order valence-electron chi connectivity index (χ1n) is 11.4. The lowest BCUT2D eigenvalue weighted by molar-refractivity contribution is -0.118. The van der Waals surface area contributed by atoms with E-state index in [4.69, 9.17) is 14.5 Å². The standard InChI is InChI=1S/C25H33N3O3S2/c1-5-27(6-2)16-17-28(23(29)15-18-32-20-13-11-19(30-4)12-14-20)25-26-24-21(31-7-3)9-8-10-22(24)33-25/h8-14H,5-7,15-18H2,1-4H3. The van der Waals surface area contributed by atoms with Crippen LogP contribution in [0.15, 0.2) is 47.4 Å². The quantitative estimate of drug-likeness (QED) is 0.294. The smallest absolute Gasteiger partial charge is 0.229 e. The Labute approximate surface area is 204 Å². The number of thioether (sulfide) groups is 1. The molecule has 0 atom stereocenters. The van der Waals surface area contributed by atoms with Crippen LogP contribution in [0.4, 0.5) is 5.13 Å². The van der Waals surface area contributed by atoms with Crippen molar-refractivity contribution in [2.75, 3.05) is 50.5 Å². The number of carbonyl (C=O) groups excluding carboxylic acids is 1. The molecule has 1 amide bonds. The molecule has 1 aromatic heterocycles. The van der Waals surface area contributed by atoms with Gasteiger partial charge in [0.05, 0.1) is 18.4 Å². The Morgan fingerprint density at radius 1 is 1.06 bits per heavy atom. The molecule has 8 heteroatoms. The number of benzene rings is 2. The van der Waals surface area contributed by atoms with Crippen LogP contribution in [0, 0.1) is 0 Å². The van der Waals surface area contributed by atoms with Crippen LogP contribution in [0.3, 0.4) is 0 Å². The number of likely N-dealkylation sites (N-methyl/N-ethyl adjacent to an activating group) is 1. The minimum absolute atomic E-state index is 0.0974. The molecule has 3 aromatic rings. The number of carbonyl (C=O) groups is 1.